The van der Waals surface area contributed by atoms with Crippen molar-refractivity contribution in [2.24, 2.45) is 5.10 Å². The van der Waals surface area contributed by atoms with Crippen molar-refractivity contribution in [2.45, 2.75) is 6.92 Å². The Morgan fingerprint density at radius 1 is 1.09 bits per heavy atom. The van der Waals surface area contributed by atoms with E-state index in [1.54, 1.807) is 31.0 Å². The minimum atomic E-state index is 0.595. The van der Waals surface area contributed by atoms with E-state index in [1.807, 2.05) is 31.2 Å². The van der Waals surface area contributed by atoms with Gasteiger partial charge in [0.1, 0.15) is 0 Å². The predicted octanol–water partition coefficient (Wildman–Crippen LogP) is 1.90. The van der Waals surface area contributed by atoms with Crippen LogP contribution >= 0.6 is 0 Å². The third kappa shape index (κ3) is 3.05. The zero-order valence-electron chi connectivity index (χ0n) is 13.0. The van der Waals surface area contributed by atoms with Crippen molar-refractivity contribution in [1.82, 2.24) is 19.8 Å². The smallest absolute Gasteiger partial charge is 0.178 e. The van der Waals surface area contributed by atoms with Gasteiger partial charge in [0, 0.05) is 0 Å². The van der Waals surface area contributed by atoms with Gasteiger partial charge in [0.05, 0.1) is 20.4 Å². The fourth-order valence-electron chi connectivity index (χ4n) is 2.06. The van der Waals surface area contributed by atoms with Crippen molar-refractivity contribution in [3.8, 4) is 11.5 Å². The van der Waals surface area contributed by atoms with Crippen LogP contribution in [0.25, 0.3) is 5.65 Å². The molecule has 118 valence electrons. The van der Waals surface area contributed by atoms with E-state index in [-0.39, 0.29) is 0 Å². The summed E-state index contributed by atoms with van der Waals surface area (Å²) < 4.78 is 12.1. The zero-order chi connectivity index (χ0) is 16.2. The highest BCUT2D eigenvalue weighted by Crippen LogP contribution is 2.26. The topological polar surface area (TPSA) is 85.9 Å². The molecular weight excluding hydrogens is 296 g/mol. The minimum Gasteiger partial charge on any atom is -0.493 e. The summed E-state index contributed by atoms with van der Waals surface area (Å²) in [5, 5.41) is 16.5. The number of ether oxygens (including phenoxy) is 2. The van der Waals surface area contributed by atoms with Crippen molar-refractivity contribution in [3.05, 3.63) is 41.7 Å². The van der Waals surface area contributed by atoms with Crippen LogP contribution in [0.15, 0.2) is 35.4 Å². The van der Waals surface area contributed by atoms with Gasteiger partial charge < -0.3 is 9.47 Å². The Kier molecular flexibility index (Phi) is 4.05. The van der Waals surface area contributed by atoms with Gasteiger partial charge in [0.25, 0.3) is 0 Å². The third-order valence-corrected chi connectivity index (χ3v) is 3.22. The third-order valence-electron chi connectivity index (χ3n) is 3.22. The fourth-order valence-corrected chi connectivity index (χ4v) is 2.06. The van der Waals surface area contributed by atoms with Gasteiger partial charge in [-0.3, -0.25) is 5.43 Å². The van der Waals surface area contributed by atoms with Crippen molar-refractivity contribution < 1.29 is 9.47 Å². The molecule has 0 aliphatic carbocycles. The monoisotopic (exact) mass is 312 g/mol. The van der Waals surface area contributed by atoms with Crippen molar-refractivity contribution >= 4 is 17.7 Å². The Balaban J connectivity index is 1.76. The molecule has 2 heterocycles. The van der Waals surface area contributed by atoms with Gasteiger partial charge in [0.2, 0.25) is 0 Å². The number of hydrogen-bond acceptors (Lipinski definition) is 7. The lowest BCUT2D eigenvalue weighted by molar-refractivity contribution is 0.355. The van der Waals surface area contributed by atoms with E-state index in [9.17, 15) is 0 Å². The van der Waals surface area contributed by atoms with Crippen molar-refractivity contribution in [2.75, 3.05) is 19.6 Å². The molecule has 0 amide bonds. The number of benzene rings is 1. The molecule has 0 saturated heterocycles. The van der Waals surface area contributed by atoms with E-state index < -0.39 is 0 Å². The van der Waals surface area contributed by atoms with Crippen LogP contribution in [0, 0.1) is 6.92 Å². The number of aryl methyl sites for hydroxylation is 1. The molecule has 0 saturated carbocycles. The molecular formula is C15H16N6O2. The molecule has 8 heteroatoms. The molecule has 3 rings (SSSR count). The summed E-state index contributed by atoms with van der Waals surface area (Å²) >= 11 is 0. The van der Waals surface area contributed by atoms with E-state index in [1.165, 1.54) is 0 Å². The number of hydrogen-bond donors (Lipinski definition) is 1. The van der Waals surface area contributed by atoms with E-state index in [0.29, 0.717) is 28.8 Å². The Bertz CT molecular complexity index is 858. The van der Waals surface area contributed by atoms with Gasteiger partial charge in [-0.1, -0.05) is 0 Å². The molecule has 0 aliphatic rings. The quantitative estimate of drug-likeness (QED) is 0.572. The standard InChI is InChI=1S/C15H16N6O2/c1-10-17-19-15-7-6-14(20-21(10)15)18-16-9-11-4-5-12(22-2)13(8-11)23-3/h4-9H,1-3H3,(H,18,20)/b16-9+. The molecule has 2 aromatic heterocycles. The van der Waals surface area contributed by atoms with Crippen LogP contribution in [0.1, 0.15) is 11.4 Å². The Hall–Kier alpha value is -3.16. The largest absolute Gasteiger partial charge is 0.493 e. The summed E-state index contributed by atoms with van der Waals surface area (Å²) in [6, 6.07) is 9.15. The maximum atomic E-state index is 5.26. The van der Waals surface area contributed by atoms with Crippen LogP contribution in [0.5, 0.6) is 11.5 Å². The van der Waals surface area contributed by atoms with Gasteiger partial charge in [-0.05, 0) is 42.8 Å². The number of nitrogens with zero attached hydrogens (tertiary/aromatic N) is 5. The van der Waals surface area contributed by atoms with E-state index in [4.69, 9.17) is 9.47 Å². The molecule has 0 spiro atoms. The van der Waals surface area contributed by atoms with Crippen LogP contribution < -0.4 is 14.9 Å². The molecule has 23 heavy (non-hydrogen) atoms. The van der Waals surface area contributed by atoms with Gasteiger partial charge in [-0.15, -0.1) is 15.3 Å². The van der Waals surface area contributed by atoms with Crippen LogP contribution in [0.3, 0.4) is 0 Å². The summed E-state index contributed by atoms with van der Waals surface area (Å²) in [5.41, 5.74) is 4.44. The second kappa shape index (κ2) is 6.30. The number of nitrogens with one attached hydrogen (secondary N) is 1. The molecule has 3 aromatic rings. The summed E-state index contributed by atoms with van der Waals surface area (Å²) in [4.78, 5) is 0. The summed E-state index contributed by atoms with van der Waals surface area (Å²) in [6.45, 7) is 1.84. The highest BCUT2D eigenvalue weighted by Gasteiger charge is 2.04. The molecule has 0 fully saturated rings. The highest BCUT2D eigenvalue weighted by molar-refractivity contribution is 5.81. The summed E-state index contributed by atoms with van der Waals surface area (Å²) in [5.74, 6) is 2.63. The maximum absolute atomic E-state index is 5.26. The molecule has 0 unspecified atom stereocenters. The first kappa shape index (κ1) is 14.8. The normalized spacial score (nSPS) is 11.1. The minimum absolute atomic E-state index is 0.595. The number of methoxy groups -OCH3 is 2. The van der Waals surface area contributed by atoms with Crippen molar-refractivity contribution in [1.29, 1.82) is 0 Å². The molecule has 1 aromatic carbocycles. The number of anilines is 1. The first-order chi connectivity index (χ1) is 11.2. The molecule has 0 atom stereocenters. The summed E-state index contributed by atoms with van der Waals surface area (Å²) in [6.07, 6.45) is 1.67. The highest BCUT2D eigenvalue weighted by atomic mass is 16.5. The molecule has 1 N–H and O–H groups in total. The lowest BCUT2D eigenvalue weighted by Crippen LogP contribution is -2.00. The first-order valence-electron chi connectivity index (χ1n) is 6.91. The van der Waals surface area contributed by atoms with Gasteiger partial charge in [-0.25, -0.2) is 0 Å². The fraction of sp³-hybridized carbons (Fsp3) is 0.200. The van der Waals surface area contributed by atoms with Gasteiger partial charge in [-0.2, -0.15) is 9.62 Å². The van der Waals surface area contributed by atoms with Crippen molar-refractivity contribution in [3.63, 3.8) is 0 Å². The number of aromatic nitrogens is 4. The maximum Gasteiger partial charge on any atom is 0.178 e. The predicted molar refractivity (Wildman–Crippen MR) is 86.3 cm³/mol. The number of fused-ring (bicyclic) bond motifs is 1. The van der Waals surface area contributed by atoms with Crippen LogP contribution in [-0.4, -0.2) is 40.2 Å². The van der Waals surface area contributed by atoms with Gasteiger partial charge in [0.15, 0.2) is 28.8 Å². The zero-order valence-corrected chi connectivity index (χ0v) is 13.0. The average Bonchev–Trinajstić information content (AvgIpc) is 2.95. The number of hydrazone groups is 1. The Morgan fingerprint density at radius 2 is 1.91 bits per heavy atom. The van der Waals surface area contributed by atoms with Crippen LogP contribution in [-0.2, 0) is 0 Å². The molecule has 0 bridgehead atoms. The Labute approximate surface area is 132 Å². The summed E-state index contributed by atoms with van der Waals surface area (Å²) in [7, 11) is 3.19. The SMILES string of the molecule is COc1ccc(/C=N/Nc2ccc3nnc(C)n3n2)cc1OC. The second-order valence-electron chi connectivity index (χ2n) is 4.72. The Morgan fingerprint density at radius 3 is 2.70 bits per heavy atom. The number of rotatable bonds is 5. The van der Waals surface area contributed by atoms with Crippen LogP contribution in [0.2, 0.25) is 0 Å². The lowest BCUT2D eigenvalue weighted by atomic mass is 10.2. The molecule has 0 aliphatic heterocycles. The average molecular weight is 312 g/mol. The van der Waals surface area contributed by atoms with Crippen LogP contribution in [0.4, 0.5) is 5.82 Å². The van der Waals surface area contributed by atoms with E-state index in [2.05, 4.69) is 25.8 Å². The molecule has 8 nitrogen and oxygen atoms in total. The van der Waals surface area contributed by atoms with E-state index in [0.717, 1.165) is 5.56 Å². The second-order valence-corrected chi connectivity index (χ2v) is 4.72. The molecule has 0 radical (unpaired) electrons. The van der Waals surface area contributed by atoms with Gasteiger partial charge >= 0.3 is 0 Å². The van der Waals surface area contributed by atoms with E-state index >= 15 is 0 Å². The first-order valence-corrected chi connectivity index (χ1v) is 6.91. The lowest BCUT2D eigenvalue weighted by Gasteiger charge is -2.07.